The van der Waals surface area contributed by atoms with Gasteiger partial charge in [-0.15, -0.1) is 0 Å². The van der Waals surface area contributed by atoms with Crippen LogP contribution in [0.1, 0.15) is 19.8 Å². The Morgan fingerprint density at radius 2 is 2.00 bits per heavy atom. The van der Waals surface area contributed by atoms with E-state index in [4.69, 9.17) is 14.2 Å². The van der Waals surface area contributed by atoms with E-state index in [0.29, 0.717) is 43.2 Å². The first-order chi connectivity index (χ1) is 12.5. The number of amides is 2. The Labute approximate surface area is 152 Å². The maximum absolute atomic E-state index is 12.5. The average Bonchev–Trinajstić information content (AvgIpc) is 2.67. The van der Waals surface area contributed by atoms with Gasteiger partial charge in [0.05, 0.1) is 32.4 Å². The number of methoxy groups -OCH3 is 2. The number of carbonyl (C=O) groups excluding carboxylic acids is 3. The normalized spacial score (nSPS) is 16.6. The molecule has 0 aliphatic carbocycles. The zero-order valence-electron chi connectivity index (χ0n) is 15.2. The molecular formula is C18H24N2O6. The minimum atomic E-state index is -0.791. The van der Waals surface area contributed by atoms with Crippen LogP contribution in [-0.4, -0.2) is 56.6 Å². The molecule has 2 rings (SSSR count). The van der Waals surface area contributed by atoms with Gasteiger partial charge < -0.3 is 24.4 Å². The van der Waals surface area contributed by atoms with Gasteiger partial charge in [0, 0.05) is 19.2 Å². The number of piperidine rings is 1. The predicted molar refractivity (Wildman–Crippen MR) is 94.1 cm³/mol. The number of anilines is 1. The van der Waals surface area contributed by atoms with Crippen molar-refractivity contribution in [1.82, 2.24) is 4.90 Å². The summed E-state index contributed by atoms with van der Waals surface area (Å²) < 4.78 is 15.3. The minimum Gasteiger partial charge on any atom is -0.497 e. The molecule has 0 saturated carbocycles. The highest BCUT2D eigenvalue weighted by Crippen LogP contribution is 2.29. The standard InChI is InChI=1S/C18H24N2O6/c1-4-26-18(23)12-6-5-9-20(11-12)17(22)16(21)19-14-10-13(24-2)7-8-15(14)25-3/h7-8,10,12H,4-6,9,11H2,1-3H3,(H,19,21). The van der Waals surface area contributed by atoms with Crippen molar-refractivity contribution in [2.45, 2.75) is 19.8 Å². The molecule has 0 radical (unpaired) electrons. The van der Waals surface area contributed by atoms with E-state index in [1.165, 1.54) is 19.1 Å². The van der Waals surface area contributed by atoms with Gasteiger partial charge in [0.1, 0.15) is 11.5 Å². The van der Waals surface area contributed by atoms with Crippen molar-refractivity contribution in [3.05, 3.63) is 18.2 Å². The first-order valence-corrected chi connectivity index (χ1v) is 8.49. The summed E-state index contributed by atoms with van der Waals surface area (Å²) in [5.41, 5.74) is 0.337. The molecule has 1 aliphatic heterocycles. The number of benzene rings is 1. The number of rotatable bonds is 5. The van der Waals surface area contributed by atoms with Crippen LogP contribution in [0.25, 0.3) is 0 Å². The molecule has 1 saturated heterocycles. The summed E-state index contributed by atoms with van der Waals surface area (Å²) in [4.78, 5) is 38.1. The van der Waals surface area contributed by atoms with Crippen LogP contribution in [0.5, 0.6) is 11.5 Å². The van der Waals surface area contributed by atoms with Crippen LogP contribution >= 0.6 is 0 Å². The van der Waals surface area contributed by atoms with Crippen molar-refractivity contribution >= 4 is 23.5 Å². The third-order valence-electron chi connectivity index (χ3n) is 4.18. The fourth-order valence-corrected chi connectivity index (χ4v) is 2.85. The highest BCUT2D eigenvalue weighted by Gasteiger charge is 2.32. The Morgan fingerprint density at radius 3 is 2.65 bits per heavy atom. The molecule has 1 heterocycles. The number of hydrogen-bond acceptors (Lipinski definition) is 6. The first kappa shape index (κ1) is 19.6. The zero-order valence-corrected chi connectivity index (χ0v) is 15.2. The smallest absolute Gasteiger partial charge is 0.314 e. The maximum Gasteiger partial charge on any atom is 0.314 e. The number of carbonyl (C=O) groups is 3. The predicted octanol–water partition coefficient (Wildman–Crippen LogP) is 1.44. The Balaban J connectivity index is 2.05. The molecule has 1 aromatic rings. The number of likely N-dealkylation sites (tertiary alicyclic amines) is 1. The van der Waals surface area contributed by atoms with Crippen molar-refractivity contribution in [3.63, 3.8) is 0 Å². The maximum atomic E-state index is 12.5. The van der Waals surface area contributed by atoms with Crippen molar-refractivity contribution in [2.24, 2.45) is 5.92 Å². The summed E-state index contributed by atoms with van der Waals surface area (Å²) in [5, 5.41) is 2.55. The van der Waals surface area contributed by atoms with Crippen LogP contribution in [0.15, 0.2) is 18.2 Å². The molecule has 8 heteroatoms. The highest BCUT2D eigenvalue weighted by molar-refractivity contribution is 6.39. The number of ether oxygens (including phenoxy) is 3. The van der Waals surface area contributed by atoms with Crippen molar-refractivity contribution in [2.75, 3.05) is 39.2 Å². The molecule has 26 heavy (non-hydrogen) atoms. The summed E-state index contributed by atoms with van der Waals surface area (Å²) in [6, 6.07) is 4.89. The molecule has 0 aromatic heterocycles. The SMILES string of the molecule is CCOC(=O)C1CCCN(C(=O)C(=O)Nc2cc(OC)ccc2OC)C1. The van der Waals surface area contributed by atoms with Crippen LogP contribution in [-0.2, 0) is 19.1 Å². The Morgan fingerprint density at radius 1 is 1.23 bits per heavy atom. The summed E-state index contributed by atoms with van der Waals surface area (Å²) >= 11 is 0. The van der Waals surface area contributed by atoms with Gasteiger partial charge in [-0.25, -0.2) is 0 Å². The van der Waals surface area contributed by atoms with Crippen LogP contribution in [0.3, 0.4) is 0 Å². The third-order valence-corrected chi connectivity index (χ3v) is 4.18. The van der Waals surface area contributed by atoms with Gasteiger partial charge in [-0.2, -0.15) is 0 Å². The Kier molecular flexibility index (Phi) is 6.82. The van der Waals surface area contributed by atoms with E-state index in [0.717, 1.165) is 0 Å². The van der Waals surface area contributed by atoms with Crippen LogP contribution in [0, 0.1) is 5.92 Å². The monoisotopic (exact) mass is 364 g/mol. The molecule has 0 spiro atoms. The number of esters is 1. The number of nitrogens with zero attached hydrogens (tertiary/aromatic N) is 1. The van der Waals surface area contributed by atoms with E-state index in [1.54, 1.807) is 25.1 Å². The average molecular weight is 364 g/mol. The van der Waals surface area contributed by atoms with E-state index in [2.05, 4.69) is 5.32 Å². The van der Waals surface area contributed by atoms with Gasteiger partial charge in [0.2, 0.25) is 0 Å². The highest BCUT2D eigenvalue weighted by atomic mass is 16.5. The molecule has 1 aromatic carbocycles. The summed E-state index contributed by atoms with van der Waals surface area (Å²) in [6.07, 6.45) is 1.29. The van der Waals surface area contributed by atoms with Gasteiger partial charge in [-0.1, -0.05) is 0 Å². The molecule has 8 nitrogen and oxygen atoms in total. The molecule has 2 amide bonds. The van der Waals surface area contributed by atoms with E-state index >= 15 is 0 Å². The fraction of sp³-hybridized carbons (Fsp3) is 0.500. The number of hydrogen-bond donors (Lipinski definition) is 1. The second-order valence-electron chi connectivity index (χ2n) is 5.86. The van der Waals surface area contributed by atoms with Crippen LogP contribution < -0.4 is 14.8 Å². The molecule has 0 bridgehead atoms. The lowest BCUT2D eigenvalue weighted by molar-refractivity contribution is -0.153. The Hall–Kier alpha value is -2.77. The second-order valence-corrected chi connectivity index (χ2v) is 5.86. The minimum absolute atomic E-state index is 0.181. The Bertz CT molecular complexity index is 676. The quantitative estimate of drug-likeness (QED) is 0.628. The molecule has 142 valence electrons. The molecule has 1 unspecified atom stereocenters. The van der Waals surface area contributed by atoms with E-state index in [1.807, 2.05) is 0 Å². The molecule has 1 N–H and O–H groups in total. The molecule has 1 atom stereocenters. The molecule has 1 fully saturated rings. The van der Waals surface area contributed by atoms with Gasteiger partial charge in [0.15, 0.2) is 0 Å². The van der Waals surface area contributed by atoms with Crippen LogP contribution in [0.2, 0.25) is 0 Å². The summed E-state index contributed by atoms with van der Waals surface area (Å²) in [6.45, 7) is 2.63. The third kappa shape index (κ3) is 4.65. The van der Waals surface area contributed by atoms with E-state index in [-0.39, 0.29) is 12.5 Å². The van der Waals surface area contributed by atoms with Gasteiger partial charge in [-0.05, 0) is 31.9 Å². The largest absolute Gasteiger partial charge is 0.497 e. The summed E-state index contributed by atoms with van der Waals surface area (Å²) in [7, 11) is 2.97. The topological polar surface area (TPSA) is 94.2 Å². The van der Waals surface area contributed by atoms with Crippen molar-refractivity contribution in [3.8, 4) is 11.5 Å². The summed E-state index contributed by atoms with van der Waals surface area (Å²) in [5.74, 6) is -1.28. The second kappa shape index (κ2) is 9.07. The van der Waals surface area contributed by atoms with E-state index < -0.39 is 17.7 Å². The van der Waals surface area contributed by atoms with Crippen molar-refractivity contribution in [1.29, 1.82) is 0 Å². The lowest BCUT2D eigenvalue weighted by Crippen LogP contribution is -2.47. The molecular weight excluding hydrogens is 340 g/mol. The van der Waals surface area contributed by atoms with Crippen LogP contribution in [0.4, 0.5) is 5.69 Å². The van der Waals surface area contributed by atoms with Gasteiger partial charge in [0.25, 0.3) is 0 Å². The lowest BCUT2D eigenvalue weighted by Gasteiger charge is -2.31. The van der Waals surface area contributed by atoms with Gasteiger partial charge >= 0.3 is 17.8 Å². The first-order valence-electron chi connectivity index (χ1n) is 8.49. The number of nitrogens with one attached hydrogen (secondary N) is 1. The molecule has 1 aliphatic rings. The van der Waals surface area contributed by atoms with Crippen molar-refractivity contribution < 1.29 is 28.6 Å². The zero-order chi connectivity index (χ0) is 19.1. The lowest BCUT2D eigenvalue weighted by atomic mass is 9.98. The van der Waals surface area contributed by atoms with E-state index in [9.17, 15) is 14.4 Å². The van der Waals surface area contributed by atoms with Gasteiger partial charge in [-0.3, -0.25) is 14.4 Å². The fourth-order valence-electron chi connectivity index (χ4n) is 2.85.